The van der Waals surface area contributed by atoms with Crippen LogP contribution in [0.25, 0.3) is 10.2 Å². The second kappa shape index (κ2) is 8.63. The van der Waals surface area contributed by atoms with Gasteiger partial charge >= 0.3 is 0 Å². The van der Waals surface area contributed by atoms with Gasteiger partial charge in [0.05, 0.1) is 24.6 Å². The van der Waals surface area contributed by atoms with Crippen molar-refractivity contribution < 1.29 is 13.9 Å². The number of aromatic amines is 1. The number of fused-ring (bicyclic) bond motifs is 3. The smallest absolute Gasteiger partial charge is 0.259 e. The fourth-order valence-corrected chi connectivity index (χ4v) is 5.90. The maximum atomic E-state index is 13.7. The van der Waals surface area contributed by atoms with Gasteiger partial charge in [-0.2, -0.15) is 0 Å². The number of H-pyrrole nitrogens is 1. The summed E-state index contributed by atoms with van der Waals surface area (Å²) in [4.78, 5) is 39.4. The van der Waals surface area contributed by atoms with Crippen LogP contribution in [-0.2, 0) is 19.4 Å². The number of carbonyl (C=O) groups is 1. The Bertz CT molecular complexity index is 1230. The van der Waals surface area contributed by atoms with Gasteiger partial charge in [0.25, 0.3) is 11.5 Å². The molecule has 5 rings (SSSR count). The maximum Gasteiger partial charge on any atom is 0.259 e. The standard InChI is InChI=1S/C23H25FN4O3S/c1-31-17-7-6-14(24)12-16(17)23(30)28-10-8-27(9-11-28)13-19-25-21(29)20-15-4-2-3-5-18(15)32-22(20)26-19/h6-7,12H,2-5,8-11,13H2,1H3,(H,25,26,29). The molecule has 0 atom stereocenters. The number of nitrogens with zero attached hydrogens (tertiary/aromatic N) is 3. The number of nitrogens with one attached hydrogen (secondary N) is 1. The summed E-state index contributed by atoms with van der Waals surface area (Å²) in [5, 5.41) is 0.771. The monoisotopic (exact) mass is 456 g/mol. The van der Waals surface area contributed by atoms with E-state index in [2.05, 4.69) is 9.88 Å². The van der Waals surface area contributed by atoms with Crippen LogP contribution < -0.4 is 10.3 Å². The second-order valence-electron chi connectivity index (χ2n) is 8.32. The molecule has 0 bridgehead atoms. The summed E-state index contributed by atoms with van der Waals surface area (Å²) in [5.74, 6) is 0.326. The summed E-state index contributed by atoms with van der Waals surface area (Å²) in [6.45, 7) is 2.84. The van der Waals surface area contributed by atoms with Gasteiger partial charge < -0.3 is 14.6 Å². The Morgan fingerprint density at radius 3 is 2.78 bits per heavy atom. The van der Waals surface area contributed by atoms with Crippen molar-refractivity contribution in [2.24, 2.45) is 0 Å². The molecular formula is C23H25FN4O3S. The second-order valence-corrected chi connectivity index (χ2v) is 9.40. The Kier molecular flexibility index (Phi) is 5.69. The molecule has 1 N–H and O–H groups in total. The average Bonchev–Trinajstić information content (AvgIpc) is 3.18. The summed E-state index contributed by atoms with van der Waals surface area (Å²) in [7, 11) is 1.47. The first-order valence-electron chi connectivity index (χ1n) is 10.9. The van der Waals surface area contributed by atoms with Crippen molar-refractivity contribution in [2.75, 3.05) is 33.3 Å². The van der Waals surface area contributed by atoms with Gasteiger partial charge in [0.2, 0.25) is 0 Å². The molecule has 9 heteroatoms. The number of ether oxygens (including phenoxy) is 1. The summed E-state index contributed by atoms with van der Waals surface area (Å²) in [6.07, 6.45) is 4.31. The fraction of sp³-hybridized carbons (Fsp3) is 0.435. The van der Waals surface area contributed by atoms with E-state index in [-0.39, 0.29) is 17.0 Å². The molecule has 7 nitrogen and oxygen atoms in total. The molecule has 1 aromatic carbocycles. The van der Waals surface area contributed by atoms with E-state index >= 15 is 0 Å². The van der Waals surface area contributed by atoms with Crippen LogP contribution in [0.1, 0.15) is 39.5 Å². The lowest BCUT2D eigenvalue weighted by atomic mass is 9.97. The van der Waals surface area contributed by atoms with Gasteiger partial charge in [-0.25, -0.2) is 9.37 Å². The van der Waals surface area contributed by atoms with Crippen molar-refractivity contribution in [3.05, 3.63) is 56.2 Å². The highest BCUT2D eigenvalue weighted by Gasteiger charge is 2.26. The minimum absolute atomic E-state index is 0.0450. The average molecular weight is 457 g/mol. The fourth-order valence-electron chi connectivity index (χ4n) is 4.62. The molecule has 2 aromatic heterocycles. The van der Waals surface area contributed by atoms with E-state index in [1.807, 2.05) is 0 Å². The van der Waals surface area contributed by atoms with E-state index in [4.69, 9.17) is 9.72 Å². The van der Waals surface area contributed by atoms with E-state index in [0.29, 0.717) is 44.3 Å². The first kappa shape index (κ1) is 21.1. The Balaban J connectivity index is 1.27. The Morgan fingerprint density at radius 1 is 1.22 bits per heavy atom. The van der Waals surface area contributed by atoms with Crippen molar-refractivity contribution in [2.45, 2.75) is 32.2 Å². The number of hydrogen-bond donors (Lipinski definition) is 1. The highest BCUT2D eigenvalue weighted by Crippen LogP contribution is 2.33. The minimum atomic E-state index is -0.464. The van der Waals surface area contributed by atoms with Crippen LogP contribution in [0.5, 0.6) is 5.75 Å². The molecule has 168 valence electrons. The number of thiophene rings is 1. The highest BCUT2D eigenvalue weighted by molar-refractivity contribution is 7.18. The molecule has 0 saturated carbocycles. The first-order chi connectivity index (χ1) is 15.5. The van der Waals surface area contributed by atoms with Gasteiger partial charge in [-0.3, -0.25) is 14.5 Å². The van der Waals surface area contributed by atoms with Crippen LogP contribution in [-0.4, -0.2) is 59.0 Å². The quantitative estimate of drug-likeness (QED) is 0.653. The SMILES string of the molecule is COc1ccc(F)cc1C(=O)N1CCN(Cc2nc3sc4c(c3c(=O)[nH]2)CCCC4)CC1. The van der Waals surface area contributed by atoms with Crippen molar-refractivity contribution in [1.82, 2.24) is 19.8 Å². The van der Waals surface area contributed by atoms with Crippen molar-refractivity contribution in [3.63, 3.8) is 0 Å². The van der Waals surface area contributed by atoms with Gasteiger partial charge in [0.1, 0.15) is 22.2 Å². The molecule has 3 heterocycles. The third-order valence-electron chi connectivity index (χ3n) is 6.30. The lowest BCUT2D eigenvalue weighted by Gasteiger charge is -2.34. The molecule has 0 unspecified atom stereocenters. The van der Waals surface area contributed by atoms with Gasteiger partial charge in [0, 0.05) is 31.1 Å². The maximum absolute atomic E-state index is 13.7. The molecule has 2 aliphatic rings. The van der Waals surface area contributed by atoms with Crippen molar-refractivity contribution in [3.8, 4) is 5.75 Å². The number of piperazine rings is 1. The molecule has 32 heavy (non-hydrogen) atoms. The number of hydrogen-bond acceptors (Lipinski definition) is 6. The third-order valence-corrected chi connectivity index (χ3v) is 7.48. The van der Waals surface area contributed by atoms with Crippen LogP contribution in [0, 0.1) is 5.82 Å². The number of halogens is 1. The van der Waals surface area contributed by atoms with Crippen LogP contribution in [0.15, 0.2) is 23.0 Å². The minimum Gasteiger partial charge on any atom is -0.496 e. The predicted molar refractivity (Wildman–Crippen MR) is 121 cm³/mol. The topological polar surface area (TPSA) is 78.5 Å². The van der Waals surface area contributed by atoms with Crippen LogP contribution in [0.3, 0.4) is 0 Å². The largest absolute Gasteiger partial charge is 0.496 e. The van der Waals surface area contributed by atoms with E-state index in [0.717, 1.165) is 29.5 Å². The first-order valence-corrected chi connectivity index (χ1v) is 11.7. The van der Waals surface area contributed by atoms with E-state index in [1.165, 1.54) is 42.2 Å². The molecular weight excluding hydrogens is 431 g/mol. The summed E-state index contributed by atoms with van der Waals surface area (Å²) < 4.78 is 18.9. The molecule has 0 radical (unpaired) electrons. The van der Waals surface area contributed by atoms with Gasteiger partial charge in [0.15, 0.2) is 0 Å². The van der Waals surface area contributed by atoms with Crippen LogP contribution >= 0.6 is 11.3 Å². The zero-order valence-corrected chi connectivity index (χ0v) is 18.8. The molecule has 1 saturated heterocycles. The summed E-state index contributed by atoms with van der Waals surface area (Å²) >= 11 is 1.65. The van der Waals surface area contributed by atoms with E-state index in [1.54, 1.807) is 16.2 Å². The molecule has 0 spiro atoms. The van der Waals surface area contributed by atoms with Crippen molar-refractivity contribution >= 4 is 27.5 Å². The number of benzene rings is 1. The van der Waals surface area contributed by atoms with Gasteiger partial charge in [-0.05, 0) is 49.4 Å². The zero-order valence-electron chi connectivity index (χ0n) is 17.9. The number of rotatable bonds is 4. The number of aryl methyl sites for hydroxylation is 2. The lowest BCUT2D eigenvalue weighted by molar-refractivity contribution is 0.0622. The molecule has 1 fully saturated rings. The normalized spacial score (nSPS) is 16.9. The third kappa shape index (κ3) is 3.91. The zero-order chi connectivity index (χ0) is 22.2. The number of methoxy groups -OCH3 is 1. The van der Waals surface area contributed by atoms with Crippen molar-refractivity contribution in [1.29, 1.82) is 0 Å². The molecule has 1 amide bonds. The Morgan fingerprint density at radius 2 is 2.00 bits per heavy atom. The summed E-state index contributed by atoms with van der Waals surface area (Å²) in [6, 6.07) is 3.97. The predicted octanol–water partition coefficient (Wildman–Crippen LogP) is 2.97. The molecule has 1 aliphatic carbocycles. The lowest BCUT2D eigenvalue weighted by Crippen LogP contribution is -2.48. The Hall–Kier alpha value is -2.78. The number of amides is 1. The Labute approximate surface area is 188 Å². The molecule has 1 aliphatic heterocycles. The van der Waals surface area contributed by atoms with Crippen LogP contribution in [0.2, 0.25) is 0 Å². The van der Waals surface area contributed by atoms with Gasteiger partial charge in [-0.15, -0.1) is 11.3 Å². The van der Waals surface area contributed by atoms with Crippen LogP contribution in [0.4, 0.5) is 4.39 Å². The highest BCUT2D eigenvalue weighted by atomic mass is 32.1. The molecule has 3 aromatic rings. The van der Waals surface area contributed by atoms with E-state index in [9.17, 15) is 14.0 Å². The van der Waals surface area contributed by atoms with Gasteiger partial charge in [-0.1, -0.05) is 0 Å². The number of carbonyl (C=O) groups excluding carboxylic acids is 1. The van der Waals surface area contributed by atoms with E-state index < -0.39 is 5.82 Å². The summed E-state index contributed by atoms with van der Waals surface area (Å²) in [5.41, 5.74) is 1.38. The number of aromatic nitrogens is 2.